The van der Waals surface area contributed by atoms with Gasteiger partial charge >= 0.3 is 0 Å². The van der Waals surface area contributed by atoms with E-state index >= 15 is 0 Å². The number of benzene rings is 2. The summed E-state index contributed by atoms with van der Waals surface area (Å²) in [5, 5.41) is 8.46. The molecule has 0 saturated heterocycles. The van der Waals surface area contributed by atoms with Gasteiger partial charge in [0.05, 0.1) is 11.4 Å². The van der Waals surface area contributed by atoms with Gasteiger partial charge in [0.25, 0.3) is 0 Å². The smallest absolute Gasteiger partial charge is 0.109 e. The summed E-state index contributed by atoms with van der Waals surface area (Å²) in [5.74, 6) is 0. The molecule has 2 rings (SSSR count). The number of hydrogen-bond acceptors (Lipinski definition) is 4. The van der Waals surface area contributed by atoms with E-state index in [9.17, 15) is 0 Å². The summed E-state index contributed by atoms with van der Waals surface area (Å²) >= 11 is 0. The first kappa shape index (κ1) is 14.1. The van der Waals surface area contributed by atoms with Gasteiger partial charge in [0, 0.05) is 0 Å². The molecular weight excluding hydrogens is 248 g/mol. The maximum atomic E-state index is 5.96. The van der Waals surface area contributed by atoms with Crippen molar-refractivity contribution >= 4 is 22.7 Å². The molecule has 0 saturated carbocycles. The molecule has 0 spiro atoms. The van der Waals surface area contributed by atoms with Crippen LogP contribution in [0.3, 0.4) is 0 Å². The van der Waals surface area contributed by atoms with Crippen LogP contribution in [0, 0.1) is 27.7 Å². The quantitative estimate of drug-likeness (QED) is 0.621. The zero-order chi connectivity index (χ0) is 14.9. The number of anilines is 2. The van der Waals surface area contributed by atoms with Crippen LogP contribution < -0.4 is 11.5 Å². The van der Waals surface area contributed by atoms with Crippen LogP contribution in [-0.2, 0) is 0 Å². The van der Waals surface area contributed by atoms with Crippen LogP contribution >= 0.6 is 0 Å². The van der Waals surface area contributed by atoms with Gasteiger partial charge in [0.2, 0.25) is 0 Å². The van der Waals surface area contributed by atoms with Gasteiger partial charge in [-0.2, -0.15) is 0 Å². The van der Waals surface area contributed by atoms with Crippen molar-refractivity contribution in [3.05, 3.63) is 46.5 Å². The van der Waals surface area contributed by atoms with Gasteiger partial charge in [-0.1, -0.05) is 0 Å². The van der Waals surface area contributed by atoms with Gasteiger partial charge in [0.15, 0.2) is 0 Å². The number of nitrogen functional groups attached to an aromatic ring is 2. The Labute approximate surface area is 119 Å². The summed E-state index contributed by atoms with van der Waals surface area (Å²) in [7, 11) is 0. The molecule has 20 heavy (non-hydrogen) atoms. The van der Waals surface area contributed by atoms with Gasteiger partial charge in [-0.15, -0.1) is 10.2 Å². The Kier molecular flexibility index (Phi) is 3.74. The lowest BCUT2D eigenvalue weighted by Gasteiger charge is -2.06. The minimum Gasteiger partial charge on any atom is -0.397 e. The number of azo groups is 1. The van der Waals surface area contributed by atoms with Crippen LogP contribution in [-0.4, -0.2) is 0 Å². The van der Waals surface area contributed by atoms with Gasteiger partial charge in [0.1, 0.15) is 11.4 Å². The minimum absolute atomic E-state index is 0.624. The highest BCUT2D eigenvalue weighted by atomic mass is 15.1. The van der Waals surface area contributed by atoms with Gasteiger partial charge in [-0.05, 0) is 74.2 Å². The Morgan fingerprint density at radius 3 is 1.25 bits per heavy atom. The Morgan fingerprint density at radius 1 is 0.600 bits per heavy atom. The van der Waals surface area contributed by atoms with Crippen LogP contribution in [0.25, 0.3) is 0 Å². The topological polar surface area (TPSA) is 76.8 Å². The highest BCUT2D eigenvalue weighted by molar-refractivity contribution is 5.67. The Hall–Kier alpha value is -2.36. The van der Waals surface area contributed by atoms with Crippen LogP contribution in [0.1, 0.15) is 22.3 Å². The maximum Gasteiger partial charge on any atom is 0.109 e. The third kappa shape index (κ3) is 2.79. The lowest BCUT2D eigenvalue weighted by atomic mass is 10.1. The second-order valence-electron chi connectivity index (χ2n) is 5.19. The summed E-state index contributed by atoms with van der Waals surface area (Å²) in [6.45, 7) is 8.10. The second-order valence-corrected chi connectivity index (χ2v) is 5.19. The highest BCUT2D eigenvalue weighted by Crippen LogP contribution is 2.31. The van der Waals surface area contributed by atoms with Crippen LogP contribution in [0.2, 0.25) is 0 Å². The van der Waals surface area contributed by atoms with Gasteiger partial charge < -0.3 is 11.5 Å². The zero-order valence-electron chi connectivity index (χ0n) is 12.4. The van der Waals surface area contributed by atoms with E-state index in [0.29, 0.717) is 22.7 Å². The number of nitrogens with zero attached hydrogens (tertiary/aromatic N) is 2. The standard InChI is InChI=1S/C16H20N4/c1-9-5-13(17)15(7-11(9)3)19-20-16-8-12(4)10(2)6-14(16)18/h5-8H,17-18H2,1-4H3. The fraction of sp³-hybridized carbons (Fsp3) is 0.250. The van der Waals surface area contributed by atoms with Crippen LogP contribution in [0.4, 0.5) is 22.7 Å². The molecule has 2 aromatic rings. The van der Waals surface area contributed by atoms with Crippen molar-refractivity contribution in [2.75, 3.05) is 11.5 Å². The molecule has 0 atom stereocenters. The molecule has 0 fully saturated rings. The normalized spacial score (nSPS) is 11.2. The molecule has 0 unspecified atom stereocenters. The van der Waals surface area contributed by atoms with Crippen molar-refractivity contribution in [3.63, 3.8) is 0 Å². The van der Waals surface area contributed by atoms with Crippen molar-refractivity contribution < 1.29 is 0 Å². The molecule has 104 valence electrons. The molecular formula is C16H20N4. The number of nitrogens with two attached hydrogens (primary N) is 2. The van der Waals surface area contributed by atoms with Crippen molar-refractivity contribution in [1.29, 1.82) is 0 Å². The molecule has 0 amide bonds. The summed E-state index contributed by atoms with van der Waals surface area (Å²) in [6, 6.07) is 7.69. The molecule has 0 aliphatic carbocycles. The molecule has 0 radical (unpaired) electrons. The van der Waals surface area contributed by atoms with Crippen molar-refractivity contribution in [1.82, 2.24) is 0 Å². The molecule has 0 aliphatic rings. The predicted molar refractivity (Wildman–Crippen MR) is 84.8 cm³/mol. The molecule has 0 bridgehead atoms. The summed E-state index contributed by atoms with van der Waals surface area (Å²) in [6.07, 6.45) is 0. The second kappa shape index (κ2) is 5.33. The fourth-order valence-corrected chi connectivity index (χ4v) is 1.93. The van der Waals surface area contributed by atoms with Crippen molar-refractivity contribution in [3.8, 4) is 0 Å². The van der Waals surface area contributed by atoms with E-state index in [-0.39, 0.29) is 0 Å². The lowest BCUT2D eigenvalue weighted by Crippen LogP contribution is -1.90. The zero-order valence-corrected chi connectivity index (χ0v) is 12.4. The third-order valence-corrected chi connectivity index (χ3v) is 3.55. The molecule has 0 aromatic heterocycles. The number of aryl methyl sites for hydroxylation is 4. The average Bonchev–Trinajstić information content (AvgIpc) is 2.37. The first-order valence-electron chi connectivity index (χ1n) is 6.53. The summed E-state index contributed by atoms with van der Waals surface area (Å²) < 4.78 is 0. The largest absolute Gasteiger partial charge is 0.397 e. The first-order chi connectivity index (χ1) is 9.38. The average molecular weight is 268 g/mol. The van der Waals surface area contributed by atoms with E-state index in [0.717, 1.165) is 22.3 Å². The number of rotatable bonds is 2. The molecule has 4 heteroatoms. The van der Waals surface area contributed by atoms with E-state index in [1.807, 2.05) is 52.0 Å². The SMILES string of the molecule is Cc1cc(N)c(N=Nc2cc(C)c(C)cc2N)cc1C. The van der Waals surface area contributed by atoms with Gasteiger partial charge in [-0.3, -0.25) is 0 Å². The van der Waals surface area contributed by atoms with Crippen LogP contribution in [0.5, 0.6) is 0 Å². The van der Waals surface area contributed by atoms with E-state index in [1.165, 1.54) is 0 Å². The van der Waals surface area contributed by atoms with E-state index < -0.39 is 0 Å². The minimum atomic E-state index is 0.624. The summed E-state index contributed by atoms with van der Waals surface area (Å²) in [4.78, 5) is 0. The third-order valence-electron chi connectivity index (χ3n) is 3.55. The Bertz CT molecular complexity index is 628. The molecule has 4 nitrogen and oxygen atoms in total. The molecule has 2 aromatic carbocycles. The van der Waals surface area contributed by atoms with Crippen molar-refractivity contribution in [2.45, 2.75) is 27.7 Å². The monoisotopic (exact) mass is 268 g/mol. The van der Waals surface area contributed by atoms with Gasteiger partial charge in [-0.25, -0.2) is 0 Å². The maximum absolute atomic E-state index is 5.96. The lowest BCUT2D eigenvalue weighted by molar-refractivity contribution is 1.20. The fourth-order valence-electron chi connectivity index (χ4n) is 1.93. The Balaban J connectivity index is 2.39. The van der Waals surface area contributed by atoms with E-state index in [1.54, 1.807) is 0 Å². The predicted octanol–water partition coefficient (Wildman–Crippen LogP) is 4.50. The molecule has 0 aliphatic heterocycles. The summed E-state index contributed by atoms with van der Waals surface area (Å²) in [5.41, 5.74) is 19.1. The van der Waals surface area contributed by atoms with E-state index in [2.05, 4.69) is 10.2 Å². The van der Waals surface area contributed by atoms with Crippen LogP contribution in [0.15, 0.2) is 34.5 Å². The number of hydrogen-bond donors (Lipinski definition) is 2. The van der Waals surface area contributed by atoms with Crippen molar-refractivity contribution in [2.24, 2.45) is 10.2 Å². The molecule has 0 heterocycles. The highest BCUT2D eigenvalue weighted by Gasteiger charge is 2.04. The first-order valence-corrected chi connectivity index (χ1v) is 6.53. The van der Waals surface area contributed by atoms with E-state index in [4.69, 9.17) is 11.5 Å². The molecule has 4 N–H and O–H groups in total. The Morgan fingerprint density at radius 2 is 0.900 bits per heavy atom.